The van der Waals surface area contributed by atoms with Crippen LogP contribution in [0.3, 0.4) is 0 Å². The van der Waals surface area contributed by atoms with Crippen molar-refractivity contribution < 1.29 is 9.90 Å². The molecule has 3 aromatic carbocycles. The van der Waals surface area contributed by atoms with E-state index in [1.54, 1.807) is 12.1 Å². The lowest BCUT2D eigenvalue weighted by molar-refractivity contribution is 0.0927. The van der Waals surface area contributed by atoms with Gasteiger partial charge >= 0.3 is 0 Å². The zero-order chi connectivity index (χ0) is 19.0. The highest BCUT2D eigenvalue weighted by molar-refractivity contribution is 6.19. The number of aromatic nitrogens is 1. The molecule has 1 unspecified atom stereocenters. The number of aliphatic hydroxyl groups excluding tert-OH is 1. The number of carbonyl (C=O) groups is 1. The molecule has 0 saturated heterocycles. The second-order valence-electron chi connectivity index (χ2n) is 6.48. The summed E-state index contributed by atoms with van der Waals surface area (Å²) in [6, 6.07) is 19.8. The molecule has 1 heterocycles. The second-order valence-corrected chi connectivity index (χ2v) is 6.48. The van der Waals surface area contributed by atoms with Gasteiger partial charge in [0, 0.05) is 27.6 Å². The highest BCUT2D eigenvalue weighted by Crippen LogP contribution is 2.37. The summed E-state index contributed by atoms with van der Waals surface area (Å²) in [6.07, 6.45) is 0. The third-order valence-electron chi connectivity index (χ3n) is 4.71. The molecule has 0 radical (unpaired) electrons. The fourth-order valence-electron chi connectivity index (χ4n) is 3.38. The molecule has 4 rings (SSSR count). The maximum Gasteiger partial charge on any atom is 0.182 e. The molecule has 5 heteroatoms. The van der Waals surface area contributed by atoms with Crippen LogP contribution in [-0.4, -0.2) is 28.5 Å². The van der Waals surface area contributed by atoms with Crippen molar-refractivity contribution in [3.63, 3.8) is 0 Å². The van der Waals surface area contributed by atoms with Crippen molar-refractivity contribution in [2.24, 2.45) is 5.73 Å². The van der Waals surface area contributed by atoms with Gasteiger partial charge in [-0.25, -0.2) is 4.98 Å². The summed E-state index contributed by atoms with van der Waals surface area (Å²) in [4.78, 5) is 17.6. The molecular formula is C22H19N3O2. The van der Waals surface area contributed by atoms with E-state index >= 15 is 0 Å². The van der Waals surface area contributed by atoms with Gasteiger partial charge in [0.1, 0.15) is 0 Å². The van der Waals surface area contributed by atoms with Crippen molar-refractivity contribution in [3.8, 4) is 11.1 Å². The molecule has 0 aliphatic carbocycles. The summed E-state index contributed by atoms with van der Waals surface area (Å²) in [7, 11) is 0. The number of hydrogen-bond donors (Lipinski definition) is 3. The lowest BCUT2D eigenvalue weighted by atomic mass is 9.91. The third-order valence-corrected chi connectivity index (χ3v) is 4.71. The molecule has 0 spiro atoms. The molecule has 0 bridgehead atoms. The van der Waals surface area contributed by atoms with Gasteiger partial charge in [0.2, 0.25) is 0 Å². The molecule has 1 aromatic heterocycles. The fraction of sp³-hybridized carbons (Fsp3) is 0.0909. The van der Waals surface area contributed by atoms with Gasteiger partial charge in [0.25, 0.3) is 0 Å². The zero-order valence-electron chi connectivity index (χ0n) is 14.6. The molecule has 5 N–H and O–H groups in total. The Morgan fingerprint density at radius 3 is 2.41 bits per heavy atom. The number of hydrogen-bond acceptors (Lipinski definition) is 5. The quantitative estimate of drug-likeness (QED) is 0.296. The second kappa shape index (κ2) is 6.79. The SMILES string of the molecule is Nc1ccc(-c2c3ccccc3nc3cccc(C(=O)C(N)CO)c23)cc1. The lowest BCUT2D eigenvalue weighted by Crippen LogP contribution is -2.34. The van der Waals surface area contributed by atoms with Crippen LogP contribution in [0.5, 0.6) is 0 Å². The zero-order valence-corrected chi connectivity index (χ0v) is 14.6. The highest BCUT2D eigenvalue weighted by atomic mass is 16.3. The van der Waals surface area contributed by atoms with E-state index in [0.29, 0.717) is 16.8 Å². The number of benzene rings is 3. The van der Waals surface area contributed by atoms with Crippen LogP contribution < -0.4 is 11.5 Å². The third kappa shape index (κ3) is 2.93. The van der Waals surface area contributed by atoms with Crippen LogP contribution >= 0.6 is 0 Å². The Bertz CT molecular complexity index is 1150. The van der Waals surface area contributed by atoms with E-state index in [1.807, 2.05) is 54.6 Å². The van der Waals surface area contributed by atoms with Crippen molar-refractivity contribution in [2.45, 2.75) is 6.04 Å². The van der Waals surface area contributed by atoms with Gasteiger partial charge in [-0.2, -0.15) is 0 Å². The Labute approximate surface area is 156 Å². The Morgan fingerprint density at radius 2 is 1.67 bits per heavy atom. The van der Waals surface area contributed by atoms with Crippen LogP contribution in [0.1, 0.15) is 10.4 Å². The largest absolute Gasteiger partial charge is 0.399 e. The van der Waals surface area contributed by atoms with Crippen LogP contribution in [-0.2, 0) is 0 Å². The molecule has 1 atom stereocenters. The van der Waals surface area contributed by atoms with Gasteiger partial charge in [-0.15, -0.1) is 0 Å². The minimum absolute atomic E-state index is 0.308. The Morgan fingerprint density at radius 1 is 0.963 bits per heavy atom. The van der Waals surface area contributed by atoms with Crippen LogP contribution in [0.4, 0.5) is 5.69 Å². The molecule has 134 valence electrons. The molecule has 27 heavy (non-hydrogen) atoms. The summed E-state index contributed by atoms with van der Waals surface area (Å²) in [5.41, 5.74) is 16.2. The number of rotatable bonds is 4. The maximum atomic E-state index is 12.8. The maximum absolute atomic E-state index is 12.8. The number of nitrogens with zero attached hydrogens (tertiary/aromatic N) is 1. The summed E-state index contributed by atoms with van der Waals surface area (Å²) >= 11 is 0. The first-order chi connectivity index (χ1) is 13.1. The number of anilines is 1. The molecule has 0 amide bonds. The van der Waals surface area contributed by atoms with E-state index in [-0.39, 0.29) is 5.78 Å². The summed E-state index contributed by atoms with van der Waals surface area (Å²) in [5.74, 6) is -0.308. The molecule has 0 saturated carbocycles. The monoisotopic (exact) mass is 357 g/mol. The van der Waals surface area contributed by atoms with Gasteiger partial charge in [0.15, 0.2) is 5.78 Å². The number of para-hydroxylation sites is 1. The van der Waals surface area contributed by atoms with Crippen LogP contribution in [0, 0.1) is 0 Å². The number of carbonyl (C=O) groups excluding carboxylic acids is 1. The standard InChI is InChI=1S/C22H19N3O2/c23-14-10-8-13(9-11-14)20-15-4-1-2-6-18(15)25-19-7-3-5-16(21(19)20)22(27)17(24)12-26/h1-11,17,26H,12,23-24H2. The van der Waals surface area contributed by atoms with E-state index < -0.39 is 12.6 Å². The van der Waals surface area contributed by atoms with Crippen molar-refractivity contribution >= 4 is 33.3 Å². The molecule has 4 aromatic rings. The van der Waals surface area contributed by atoms with Gasteiger partial charge in [-0.1, -0.05) is 42.5 Å². The van der Waals surface area contributed by atoms with E-state index in [1.165, 1.54) is 0 Å². The van der Waals surface area contributed by atoms with Gasteiger partial charge in [-0.3, -0.25) is 4.79 Å². The topological polar surface area (TPSA) is 102 Å². The van der Waals surface area contributed by atoms with Crippen LogP contribution in [0.25, 0.3) is 32.9 Å². The van der Waals surface area contributed by atoms with Crippen molar-refractivity contribution in [1.29, 1.82) is 0 Å². The van der Waals surface area contributed by atoms with Crippen molar-refractivity contribution in [2.75, 3.05) is 12.3 Å². The molecule has 0 fully saturated rings. The smallest absolute Gasteiger partial charge is 0.182 e. The van der Waals surface area contributed by atoms with Gasteiger partial charge < -0.3 is 16.6 Å². The van der Waals surface area contributed by atoms with E-state index in [2.05, 4.69) is 0 Å². The Hall–Kier alpha value is -3.28. The predicted octanol–water partition coefficient (Wildman–Crippen LogP) is 3.14. The average Bonchev–Trinajstić information content (AvgIpc) is 2.71. The molecular weight excluding hydrogens is 338 g/mol. The van der Waals surface area contributed by atoms with Gasteiger partial charge in [0.05, 0.1) is 23.7 Å². The number of nitrogens with two attached hydrogens (primary N) is 2. The molecule has 0 aliphatic heterocycles. The Kier molecular flexibility index (Phi) is 4.32. The minimum atomic E-state index is -0.971. The summed E-state index contributed by atoms with van der Waals surface area (Å²) in [5, 5.41) is 11.0. The van der Waals surface area contributed by atoms with Crippen LogP contribution in [0.15, 0.2) is 66.7 Å². The van der Waals surface area contributed by atoms with Crippen LogP contribution in [0.2, 0.25) is 0 Å². The lowest BCUT2D eigenvalue weighted by Gasteiger charge is -2.16. The van der Waals surface area contributed by atoms with Crippen molar-refractivity contribution in [1.82, 2.24) is 4.98 Å². The van der Waals surface area contributed by atoms with E-state index in [9.17, 15) is 9.90 Å². The number of ketones is 1. The summed E-state index contributed by atoms with van der Waals surface area (Å²) < 4.78 is 0. The first kappa shape index (κ1) is 17.1. The van der Waals surface area contributed by atoms with Gasteiger partial charge in [-0.05, 0) is 29.8 Å². The fourth-order valence-corrected chi connectivity index (χ4v) is 3.38. The first-order valence-electron chi connectivity index (χ1n) is 8.68. The Balaban J connectivity index is 2.15. The predicted molar refractivity (Wildman–Crippen MR) is 108 cm³/mol. The number of Topliss-reactive ketones (excluding diaryl/α,β-unsaturated/α-hetero) is 1. The number of nitrogen functional groups attached to an aromatic ring is 1. The number of fused-ring (bicyclic) bond motifs is 2. The van der Waals surface area contributed by atoms with E-state index in [0.717, 1.165) is 27.4 Å². The molecule has 0 aliphatic rings. The number of aliphatic hydroxyl groups is 1. The number of pyridine rings is 1. The van der Waals surface area contributed by atoms with Crippen molar-refractivity contribution in [3.05, 3.63) is 72.3 Å². The summed E-state index contributed by atoms with van der Waals surface area (Å²) in [6.45, 7) is -0.409. The molecule has 5 nitrogen and oxygen atoms in total. The first-order valence-corrected chi connectivity index (χ1v) is 8.68. The normalized spacial score (nSPS) is 12.4. The highest BCUT2D eigenvalue weighted by Gasteiger charge is 2.21. The van der Waals surface area contributed by atoms with E-state index in [4.69, 9.17) is 16.5 Å². The minimum Gasteiger partial charge on any atom is -0.399 e. The average molecular weight is 357 g/mol.